The van der Waals surface area contributed by atoms with Crippen LogP contribution in [0.1, 0.15) is 39.1 Å². The molecule has 1 N–H and O–H groups in total. The Kier molecular flexibility index (Phi) is 7.02. The number of hydrogen-bond donors (Lipinski definition) is 1. The standard InChI is InChI=1S/C23H23ClN4O3S/c1-31-19-9-7-15(8-10-19)12-20(29)28-11-3-4-16(14-28)22-26-27-23(32-22)21(30)25-18-6-2-5-17(24)13-18/h2,5-10,13,16H,3-4,11-12,14H2,1H3,(H,25,30)/t16-/m1/s1. The lowest BCUT2D eigenvalue weighted by atomic mass is 9.98. The molecule has 1 aliphatic heterocycles. The van der Waals surface area contributed by atoms with Gasteiger partial charge in [0.05, 0.1) is 13.5 Å². The maximum atomic E-state index is 12.8. The molecule has 1 atom stereocenters. The molecule has 0 bridgehead atoms. The first kappa shape index (κ1) is 22.2. The van der Waals surface area contributed by atoms with E-state index in [2.05, 4.69) is 15.5 Å². The monoisotopic (exact) mass is 470 g/mol. The van der Waals surface area contributed by atoms with Crippen molar-refractivity contribution >= 4 is 40.4 Å². The number of anilines is 1. The van der Waals surface area contributed by atoms with Crippen molar-refractivity contribution in [2.24, 2.45) is 0 Å². The van der Waals surface area contributed by atoms with Crippen LogP contribution in [-0.2, 0) is 11.2 Å². The minimum Gasteiger partial charge on any atom is -0.497 e. The van der Waals surface area contributed by atoms with Gasteiger partial charge in [0.25, 0.3) is 5.91 Å². The third-order valence-electron chi connectivity index (χ3n) is 5.36. The van der Waals surface area contributed by atoms with Crippen LogP contribution in [-0.4, -0.2) is 47.1 Å². The molecule has 7 nitrogen and oxygen atoms in total. The highest BCUT2D eigenvalue weighted by Gasteiger charge is 2.28. The lowest BCUT2D eigenvalue weighted by molar-refractivity contribution is -0.131. The summed E-state index contributed by atoms with van der Waals surface area (Å²) >= 11 is 7.24. The summed E-state index contributed by atoms with van der Waals surface area (Å²) in [4.78, 5) is 27.2. The molecule has 2 amide bonds. The van der Waals surface area contributed by atoms with Crippen LogP contribution in [0.15, 0.2) is 48.5 Å². The Bertz CT molecular complexity index is 1100. The Morgan fingerprint density at radius 2 is 2.03 bits per heavy atom. The number of hydrogen-bond acceptors (Lipinski definition) is 6. The van der Waals surface area contributed by atoms with Crippen LogP contribution in [0.5, 0.6) is 5.75 Å². The van der Waals surface area contributed by atoms with E-state index in [-0.39, 0.29) is 17.7 Å². The summed E-state index contributed by atoms with van der Waals surface area (Å²) in [5.74, 6) is 0.613. The summed E-state index contributed by atoms with van der Waals surface area (Å²) in [5.41, 5.74) is 1.56. The maximum absolute atomic E-state index is 12.8. The number of ether oxygens (including phenoxy) is 1. The quantitative estimate of drug-likeness (QED) is 0.577. The normalized spacial score (nSPS) is 15.9. The lowest BCUT2D eigenvalue weighted by Gasteiger charge is -2.31. The molecule has 32 heavy (non-hydrogen) atoms. The number of carbonyl (C=O) groups is 2. The first-order chi connectivity index (χ1) is 15.5. The molecule has 0 radical (unpaired) electrons. The van der Waals surface area contributed by atoms with Crippen LogP contribution in [0, 0.1) is 0 Å². The molecule has 1 fully saturated rings. The van der Waals surface area contributed by atoms with Gasteiger partial charge >= 0.3 is 0 Å². The van der Waals surface area contributed by atoms with E-state index in [0.29, 0.717) is 28.7 Å². The molecule has 9 heteroatoms. The fourth-order valence-electron chi connectivity index (χ4n) is 3.68. The van der Waals surface area contributed by atoms with Gasteiger partial charge in [-0.2, -0.15) is 0 Å². The molecule has 1 aromatic heterocycles. The molecule has 0 spiro atoms. The van der Waals surface area contributed by atoms with Crippen molar-refractivity contribution in [3.8, 4) is 5.75 Å². The number of nitrogens with zero attached hydrogens (tertiary/aromatic N) is 3. The van der Waals surface area contributed by atoms with E-state index in [0.717, 1.165) is 35.7 Å². The van der Waals surface area contributed by atoms with Gasteiger partial charge in [-0.05, 0) is 48.7 Å². The number of methoxy groups -OCH3 is 1. The molecule has 1 saturated heterocycles. The Labute approximate surface area is 195 Å². The number of benzene rings is 2. The van der Waals surface area contributed by atoms with Gasteiger partial charge in [-0.1, -0.05) is 41.1 Å². The molecule has 1 aliphatic rings. The van der Waals surface area contributed by atoms with Crippen LogP contribution in [0.25, 0.3) is 0 Å². The minimum atomic E-state index is -0.320. The summed E-state index contributed by atoms with van der Waals surface area (Å²) in [6.07, 6.45) is 2.15. The molecule has 2 aromatic carbocycles. The van der Waals surface area contributed by atoms with E-state index in [9.17, 15) is 9.59 Å². The topological polar surface area (TPSA) is 84.4 Å². The number of aromatic nitrogens is 2. The van der Waals surface area contributed by atoms with E-state index in [1.54, 1.807) is 31.4 Å². The summed E-state index contributed by atoms with van der Waals surface area (Å²) in [7, 11) is 1.62. The van der Waals surface area contributed by atoms with E-state index in [1.165, 1.54) is 11.3 Å². The number of nitrogens with one attached hydrogen (secondary N) is 1. The SMILES string of the molecule is COc1ccc(CC(=O)N2CCC[C@@H](c3nnc(C(=O)Nc4cccc(Cl)c4)s3)C2)cc1. The van der Waals surface area contributed by atoms with Crippen molar-refractivity contribution in [3.63, 3.8) is 0 Å². The zero-order valence-corrected chi connectivity index (χ0v) is 19.2. The molecular weight excluding hydrogens is 448 g/mol. The number of rotatable bonds is 6. The van der Waals surface area contributed by atoms with Crippen molar-refractivity contribution in [1.29, 1.82) is 0 Å². The maximum Gasteiger partial charge on any atom is 0.286 e. The zero-order valence-electron chi connectivity index (χ0n) is 17.6. The molecule has 0 unspecified atom stereocenters. The van der Waals surface area contributed by atoms with E-state index >= 15 is 0 Å². The smallest absolute Gasteiger partial charge is 0.286 e. The van der Waals surface area contributed by atoms with Gasteiger partial charge in [0.15, 0.2) is 0 Å². The van der Waals surface area contributed by atoms with E-state index in [4.69, 9.17) is 16.3 Å². The third kappa shape index (κ3) is 5.44. The van der Waals surface area contributed by atoms with Crippen LogP contribution in [0.2, 0.25) is 5.02 Å². The summed E-state index contributed by atoms with van der Waals surface area (Å²) in [6.45, 7) is 1.31. The van der Waals surface area contributed by atoms with Gasteiger partial charge in [-0.3, -0.25) is 9.59 Å². The van der Waals surface area contributed by atoms with Crippen LogP contribution in [0.3, 0.4) is 0 Å². The fraction of sp³-hybridized carbons (Fsp3) is 0.304. The summed E-state index contributed by atoms with van der Waals surface area (Å²) in [6, 6.07) is 14.5. The van der Waals surface area contributed by atoms with Gasteiger partial charge in [-0.25, -0.2) is 0 Å². The van der Waals surface area contributed by atoms with Gasteiger partial charge in [-0.15, -0.1) is 10.2 Å². The largest absolute Gasteiger partial charge is 0.497 e. The van der Waals surface area contributed by atoms with Crippen LogP contribution < -0.4 is 10.1 Å². The van der Waals surface area contributed by atoms with Crippen molar-refractivity contribution in [2.75, 3.05) is 25.5 Å². The number of amides is 2. The second-order valence-electron chi connectivity index (χ2n) is 7.61. The fourth-order valence-corrected chi connectivity index (χ4v) is 4.73. The Morgan fingerprint density at radius 1 is 1.22 bits per heavy atom. The highest BCUT2D eigenvalue weighted by Crippen LogP contribution is 2.30. The highest BCUT2D eigenvalue weighted by molar-refractivity contribution is 7.13. The Morgan fingerprint density at radius 3 is 2.78 bits per heavy atom. The molecular formula is C23H23ClN4O3S. The van der Waals surface area contributed by atoms with E-state index < -0.39 is 0 Å². The lowest BCUT2D eigenvalue weighted by Crippen LogP contribution is -2.39. The second-order valence-corrected chi connectivity index (χ2v) is 9.06. The molecule has 0 saturated carbocycles. The highest BCUT2D eigenvalue weighted by atomic mass is 35.5. The molecule has 2 heterocycles. The Hall–Kier alpha value is -2.97. The van der Waals surface area contributed by atoms with Crippen LogP contribution in [0.4, 0.5) is 5.69 Å². The Balaban J connectivity index is 1.37. The van der Waals surface area contributed by atoms with Crippen molar-refractivity contribution < 1.29 is 14.3 Å². The predicted octanol–water partition coefficient (Wildman–Crippen LogP) is 4.40. The first-order valence-electron chi connectivity index (χ1n) is 10.3. The average Bonchev–Trinajstić information content (AvgIpc) is 3.30. The summed E-state index contributed by atoms with van der Waals surface area (Å²) in [5, 5.41) is 12.7. The van der Waals surface area contributed by atoms with Gasteiger partial charge in [0.1, 0.15) is 10.8 Å². The molecule has 3 aromatic rings. The van der Waals surface area contributed by atoms with Crippen molar-refractivity contribution in [3.05, 3.63) is 69.1 Å². The molecule has 0 aliphatic carbocycles. The van der Waals surface area contributed by atoms with Gasteiger partial charge in [0, 0.05) is 29.7 Å². The average molecular weight is 471 g/mol. The molecule has 4 rings (SSSR count). The number of piperidine rings is 1. The zero-order chi connectivity index (χ0) is 22.5. The van der Waals surface area contributed by atoms with Gasteiger partial charge in [0.2, 0.25) is 10.9 Å². The molecule has 166 valence electrons. The van der Waals surface area contributed by atoms with Crippen molar-refractivity contribution in [1.82, 2.24) is 15.1 Å². The predicted molar refractivity (Wildman–Crippen MR) is 125 cm³/mol. The van der Waals surface area contributed by atoms with Gasteiger partial charge < -0.3 is 15.0 Å². The van der Waals surface area contributed by atoms with Crippen molar-refractivity contribution in [2.45, 2.75) is 25.2 Å². The third-order valence-corrected chi connectivity index (χ3v) is 6.67. The first-order valence-corrected chi connectivity index (χ1v) is 11.5. The summed E-state index contributed by atoms with van der Waals surface area (Å²) < 4.78 is 5.17. The van der Waals surface area contributed by atoms with Crippen LogP contribution >= 0.6 is 22.9 Å². The number of carbonyl (C=O) groups excluding carboxylic acids is 2. The number of halogens is 1. The minimum absolute atomic E-state index is 0.0776. The second kappa shape index (κ2) is 10.1. The van der Waals surface area contributed by atoms with E-state index in [1.807, 2.05) is 29.2 Å². The number of likely N-dealkylation sites (tertiary alicyclic amines) is 1.